The van der Waals surface area contributed by atoms with Crippen molar-refractivity contribution >= 4 is 35.8 Å². The standard InChI is InChI=1S/C23H32N4O3.HI/c1-27(2)22(28)17-26-23(24-14-12-18-8-6-5-7-9-18)25-15-13-19-10-11-20(29-3)21(16-19)30-4;/h5-11,16H,12-15,17H2,1-4H3,(H2,24,25,26);1H. The lowest BCUT2D eigenvalue weighted by molar-refractivity contribution is -0.127. The van der Waals surface area contributed by atoms with Crippen LogP contribution in [0.25, 0.3) is 0 Å². The number of carbonyl (C=O) groups is 1. The summed E-state index contributed by atoms with van der Waals surface area (Å²) in [6.45, 7) is 1.50. The summed E-state index contributed by atoms with van der Waals surface area (Å²) >= 11 is 0. The highest BCUT2D eigenvalue weighted by Gasteiger charge is 2.07. The molecule has 0 aliphatic carbocycles. The molecule has 0 fully saturated rings. The molecule has 0 saturated carbocycles. The number of hydrogen-bond donors (Lipinski definition) is 2. The lowest BCUT2D eigenvalue weighted by Gasteiger charge is -2.14. The molecule has 0 atom stereocenters. The Bertz CT molecular complexity index is 829. The van der Waals surface area contributed by atoms with Crippen LogP contribution in [-0.4, -0.2) is 64.7 Å². The quantitative estimate of drug-likeness (QED) is 0.276. The zero-order valence-corrected chi connectivity index (χ0v) is 21.0. The molecule has 2 rings (SSSR count). The lowest BCUT2D eigenvalue weighted by atomic mass is 10.1. The molecule has 0 aliphatic heterocycles. The Balaban J connectivity index is 0.00000480. The molecule has 0 saturated heterocycles. The monoisotopic (exact) mass is 540 g/mol. The molecule has 0 aliphatic rings. The SMILES string of the molecule is COc1ccc(CCNC(=NCC(=O)N(C)C)NCCc2ccccc2)cc1OC.I. The van der Waals surface area contributed by atoms with Crippen molar-refractivity contribution < 1.29 is 14.3 Å². The number of guanidine groups is 1. The van der Waals surface area contributed by atoms with E-state index in [0.717, 1.165) is 24.9 Å². The van der Waals surface area contributed by atoms with Crippen molar-refractivity contribution in [2.45, 2.75) is 12.8 Å². The summed E-state index contributed by atoms with van der Waals surface area (Å²) in [5.74, 6) is 2.00. The van der Waals surface area contributed by atoms with Crippen LogP contribution in [0.4, 0.5) is 0 Å². The van der Waals surface area contributed by atoms with Crippen LogP contribution in [-0.2, 0) is 17.6 Å². The molecule has 170 valence electrons. The van der Waals surface area contributed by atoms with Crippen LogP contribution in [0.3, 0.4) is 0 Å². The molecular formula is C23H33IN4O3. The first kappa shape index (κ1) is 26.5. The van der Waals surface area contributed by atoms with Crippen LogP contribution in [0.5, 0.6) is 11.5 Å². The molecule has 8 heteroatoms. The third-order valence-corrected chi connectivity index (χ3v) is 4.57. The van der Waals surface area contributed by atoms with Crippen LogP contribution < -0.4 is 20.1 Å². The maximum Gasteiger partial charge on any atom is 0.243 e. The molecule has 0 spiro atoms. The van der Waals surface area contributed by atoms with Gasteiger partial charge in [0.2, 0.25) is 5.91 Å². The van der Waals surface area contributed by atoms with E-state index in [0.29, 0.717) is 24.0 Å². The van der Waals surface area contributed by atoms with Crippen molar-refractivity contribution in [2.75, 3.05) is 47.9 Å². The Morgan fingerprint density at radius 3 is 2.10 bits per heavy atom. The van der Waals surface area contributed by atoms with Crippen molar-refractivity contribution in [1.29, 1.82) is 0 Å². The fourth-order valence-corrected chi connectivity index (χ4v) is 2.79. The van der Waals surface area contributed by atoms with E-state index in [2.05, 4.69) is 27.8 Å². The van der Waals surface area contributed by atoms with Gasteiger partial charge in [0.1, 0.15) is 6.54 Å². The number of benzene rings is 2. The van der Waals surface area contributed by atoms with Crippen molar-refractivity contribution in [3.63, 3.8) is 0 Å². The van der Waals surface area contributed by atoms with Gasteiger partial charge < -0.3 is 25.0 Å². The van der Waals surface area contributed by atoms with Crippen molar-refractivity contribution in [3.8, 4) is 11.5 Å². The van der Waals surface area contributed by atoms with Crippen molar-refractivity contribution in [3.05, 3.63) is 59.7 Å². The van der Waals surface area contributed by atoms with E-state index in [1.54, 1.807) is 28.3 Å². The summed E-state index contributed by atoms with van der Waals surface area (Å²) in [7, 11) is 6.71. The molecule has 2 N–H and O–H groups in total. The van der Waals surface area contributed by atoms with Crippen LogP contribution >= 0.6 is 24.0 Å². The Kier molecular flexibility index (Phi) is 12.4. The Labute approximate surface area is 202 Å². The van der Waals surface area contributed by atoms with Gasteiger partial charge in [-0.1, -0.05) is 36.4 Å². The zero-order valence-electron chi connectivity index (χ0n) is 18.7. The largest absolute Gasteiger partial charge is 0.493 e. The van der Waals surface area contributed by atoms with Gasteiger partial charge in [0.15, 0.2) is 17.5 Å². The number of methoxy groups -OCH3 is 2. The molecular weight excluding hydrogens is 507 g/mol. The molecule has 31 heavy (non-hydrogen) atoms. The fourth-order valence-electron chi connectivity index (χ4n) is 2.79. The van der Waals surface area contributed by atoms with E-state index in [4.69, 9.17) is 9.47 Å². The molecule has 0 aromatic heterocycles. The number of hydrogen-bond acceptors (Lipinski definition) is 4. The number of amides is 1. The van der Waals surface area contributed by atoms with Gasteiger partial charge in [-0.05, 0) is 36.1 Å². The van der Waals surface area contributed by atoms with Gasteiger partial charge in [0.05, 0.1) is 14.2 Å². The third-order valence-electron chi connectivity index (χ3n) is 4.57. The van der Waals surface area contributed by atoms with Crippen LogP contribution in [0.1, 0.15) is 11.1 Å². The number of nitrogens with one attached hydrogen (secondary N) is 2. The normalized spacial score (nSPS) is 10.6. The number of carbonyl (C=O) groups excluding carboxylic acids is 1. The van der Waals surface area contributed by atoms with Crippen LogP contribution in [0.15, 0.2) is 53.5 Å². The van der Waals surface area contributed by atoms with E-state index in [9.17, 15) is 4.79 Å². The second kappa shape index (κ2) is 14.5. The first-order valence-corrected chi connectivity index (χ1v) is 10.0. The van der Waals surface area contributed by atoms with Gasteiger partial charge in [-0.2, -0.15) is 0 Å². The average Bonchev–Trinajstić information content (AvgIpc) is 2.77. The first-order chi connectivity index (χ1) is 14.5. The Hall–Kier alpha value is -2.49. The first-order valence-electron chi connectivity index (χ1n) is 10.0. The molecule has 2 aromatic rings. The van der Waals surface area contributed by atoms with E-state index in [-0.39, 0.29) is 36.4 Å². The number of halogens is 1. The highest BCUT2D eigenvalue weighted by molar-refractivity contribution is 14.0. The number of nitrogens with zero attached hydrogens (tertiary/aromatic N) is 2. The van der Waals surface area contributed by atoms with Gasteiger partial charge in [0.25, 0.3) is 0 Å². The summed E-state index contributed by atoms with van der Waals surface area (Å²) in [4.78, 5) is 17.9. The number of likely N-dealkylation sites (N-methyl/N-ethyl adjacent to an activating group) is 1. The Morgan fingerprint density at radius 2 is 1.52 bits per heavy atom. The molecule has 2 aromatic carbocycles. The summed E-state index contributed by atoms with van der Waals surface area (Å²) in [6, 6.07) is 16.1. The van der Waals surface area contributed by atoms with Gasteiger partial charge in [-0.15, -0.1) is 24.0 Å². The Morgan fingerprint density at radius 1 is 0.903 bits per heavy atom. The minimum atomic E-state index is -0.0425. The van der Waals surface area contributed by atoms with E-state index in [1.165, 1.54) is 10.5 Å². The highest BCUT2D eigenvalue weighted by Crippen LogP contribution is 2.27. The zero-order chi connectivity index (χ0) is 21.8. The van der Waals surface area contributed by atoms with Crippen LogP contribution in [0, 0.1) is 0 Å². The van der Waals surface area contributed by atoms with Crippen LogP contribution in [0.2, 0.25) is 0 Å². The number of rotatable bonds is 10. The molecule has 0 unspecified atom stereocenters. The summed E-state index contributed by atoms with van der Waals surface area (Å²) in [6.07, 6.45) is 1.65. The maximum atomic E-state index is 11.9. The lowest BCUT2D eigenvalue weighted by Crippen LogP contribution is -2.40. The fraction of sp³-hybridized carbons (Fsp3) is 0.391. The number of aliphatic imine (C=N–C) groups is 1. The van der Waals surface area contributed by atoms with Crippen molar-refractivity contribution in [1.82, 2.24) is 15.5 Å². The van der Waals surface area contributed by atoms with Crippen molar-refractivity contribution in [2.24, 2.45) is 4.99 Å². The molecule has 1 amide bonds. The van der Waals surface area contributed by atoms with E-state index < -0.39 is 0 Å². The van der Waals surface area contributed by atoms with E-state index >= 15 is 0 Å². The third kappa shape index (κ3) is 9.46. The predicted octanol–water partition coefficient (Wildman–Crippen LogP) is 2.73. The minimum Gasteiger partial charge on any atom is -0.493 e. The minimum absolute atomic E-state index is 0. The molecule has 0 bridgehead atoms. The van der Waals surface area contributed by atoms with E-state index in [1.807, 2.05) is 36.4 Å². The smallest absolute Gasteiger partial charge is 0.243 e. The molecule has 7 nitrogen and oxygen atoms in total. The van der Waals surface area contributed by atoms with Gasteiger partial charge >= 0.3 is 0 Å². The average molecular weight is 540 g/mol. The maximum absolute atomic E-state index is 11.9. The topological polar surface area (TPSA) is 75.2 Å². The van der Waals surface area contributed by atoms with Gasteiger partial charge in [-0.25, -0.2) is 4.99 Å². The highest BCUT2D eigenvalue weighted by atomic mass is 127. The number of ether oxygens (including phenoxy) is 2. The summed E-state index contributed by atoms with van der Waals surface area (Å²) < 4.78 is 10.6. The predicted molar refractivity (Wildman–Crippen MR) is 136 cm³/mol. The van der Waals surface area contributed by atoms with Gasteiger partial charge in [0, 0.05) is 27.2 Å². The molecule has 0 radical (unpaired) electrons. The second-order valence-corrected chi connectivity index (χ2v) is 6.98. The molecule has 0 heterocycles. The summed E-state index contributed by atoms with van der Waals surface area (Å²) in [5.41, 5.74) is 2.37. The summed E-state index contributed by atoms with van der Waals surface area (Å²) in [5, 5.41) is 6.62. The van der Waals surface area contributed by atoms with Gasteiger partial charge in [-0.3, -0.25) is 4.79 Å². The second-order valence-electron chi connectivity index (χ2n) is 6.98.